The van der Waals surface area contributed by atoms with Crippen molar-refractivity contribution in [3.05, 3.63) is 47.7 Å². The molecule has 0 aliphatic rings. The summed E-state index contributed by atoms with van der Waals surface area (Å²) >= 11 is 0. The highest BCUT2D eigenvalue weighted by atomic mass is 16.4. The highest BCUT2D eigenvalue weighted by Crippen LogP contribution is 2.13. The molecule has 0 spiro atoms. The zero-order chi connectivity index (χ0) is 11.5. The lowest BCUT2D eigenvalue weighted by Crippen LogP contribution is -1.96. The van der Waals surface area contributed by atoms with E-state index >= 15 is 0 Å². The fourth-order valence-electron chi connectivity index (χ4n) is 1.45. The number of carboxylic acids is 1. The molecule has 2 rings (SSSR count). The van der Waals surface area contributed by atoms with Gasteiger partial charge < -0.3 is 5.11 Å². The quantitative estimate of drug-likeness (QED) is 0.780. The summed E-state index contributed by atoms with van der Waals surface area (Å²) in [5.74, 6) is -0.921. The maximum absolute atomic E-state index is 10.7. The molecule has 1 heterocycles. The van der Waals surface area contributed by atoms with Crippen molar-refractivity contribution in [3.8, 4) is 0 Å². The number of nitrogens with zero attached hydrogens (tertiary/aromatic N) is 1. The number of pyridine rings is 1. The zero-order valence-corrected chi connectivity index (χ0v) is 8.84. The average molecular weight is 213 g/mol. The van der Waals surface area contributed by atoms with Crippen molar-refractivity contribution in [2.75, 3.05) is 0 Å². The molecule has 3 heteroatoms. The Kier molecular flexibility index (Phi) is 2.68. The summed E-state index contributed by atoms with van der Waals surface area (Å²) in [5, 5.41) is 9.81. The summed E-state index contributed by atoms with van der Waals surface area (Å²) in [5.41, 5.74) is 1.82. The van der Waals surface area contributed by atoms with Crippen LogP contribution >= 0.6 is 0 Å². The average Bonchev–Trinajstić information content (AvgIpc) is 2.28. The van der Waals surface area contributed by atoms with Gasteiger partial charge in [-0.15, -0.1) is 0 Å². The van der Waals surface area contributed by atoms with Crippen molar-refractivity contribution in [2.24, 2.45) is 0 Å². The number of para-hydroxylation sites is 1. The molecule has 0 aliphatic heterocycles. The van der Waals surface area contributed by atoms with Crippen LogP contribution in [0.4, 0.5) is 0 Å². The molecule has 16 heavy (non-hydrogen) atoms. The first-order valence-electron chi connectivity index (χ1n) is 4.94. The molecule has 0 amide bonds. The van der Waals surface area contributed by atoms with E-state index in [2.05, 4.69) is 4.98 Å². The third-order valence-corrected chi connectivity index (χ3v) is 2.32. The maximum Gasteiger partial charge on any atom is 0.331 e. The van der Waals surface area contributed by atoms with Crippen LogP contribution in [0.1, 0.15) is 12.6 Å². The van der Waals surface area contributed by atoms with Crippen LogP contribution < -0.4 is 0 Å². The molecule has 0 unspecified atom stereocenters. The summed E-state index contributed by atoms with van der Waals surface area (Å²) in [4.78, 5) is 15.0. The van der Waals surface area contributed by atoms with Gasteiger partial charge in [0, 0.05) is 11.0 Å². The lowest BCUT2D eigenvalue weighted by molar-refractivity contribution is -0.132. The smallest absolute Gasteiger partial charge is 0.331 e. The Morgan fingerprint density at radius 2 is 2.00 bits per heavy atom. The number of rotatable bonds is 2. The molecule has 1 aromatic heterocycles. The van der Waals surface area contributed by atoms with Crippen LogP contribution in [-0.4, -0.2) is 16.1 Å². The first-order valence-corrected chi connectivity index (χ1v) is 4.94. The molecule has 0 atom stereocenters. The lowest BCUT2D eigenvalue weighted by Gasteiger charge is -1.99. The molecule has 80 valence electrons. The number of carboxylic acid groups (broad SMARTS) is 1. The van der Waals surface area contributed by atoms with Crippen molar-refractivity contribution >= 4 is 22.9 Å². The summed E-state index contributed by atoms with van der Waals surface area (Å²) in [6, 6.07) is 11.5. The second-order valence-corrected chi connectivity index (χ2v) is 3.56. The molecule has 1 aromatic carbocycles. The largest absolute Gasteiger partial charge is 0.478 e. The predicted molar refractivity (Wildman–Crippen MR) is 63.0 cm³/mol. The van der Waals surface area contributed by atoms with E-state index < -0.39 is 5.97 Å². The molecule has 0 fully saturated rings. The first-order chi connectivity index (χ1) is 7.66. The van der Waals surface area contributed by atoms with Gasteiger partial charge >= 0.3 is 5.97 Å². The summed E-state index contributed by atoms with van der Waals surface area (Å²) in [6.45, 7) is 1.55. The van der Waals surface area contributed by atoms with E-state index in [0.717, 1.165) is 10.9 Å². The van der Waals surface area contributed by atoms with Crippen molar-refractivity contribution in [1.29, 1.82) is 0 Å². The minimum absolute atomic E-state index is 0.280. The lowest BCUT2D eigenvalue weighted by atomic mass is 10.2. The molecule has 0 saturated heterocycles. The number of aromatic nitrogens is 1. The van der Waals surface area contributed by atoms with Gasteiger partial charge in [0.2, 0.25) is 0 Å². The fourth-order valence-corrected chi connectivity index (χ4v) is 1.45. The van der Waals surface area contributed by atoms with E-state index in [-0.39, 0.29) is 5.57 Å². The Morgan fingerprint density at radius 3 is 2.75 bits per heavy atom. The fraction of sp³-hybridized carbons (Fsp3) is 0.0769. The Morgan fingerprint density at radius 1 is 1.25 bits per heavy atom. The van der Waals surface area contributed by atoms with Gasteiger partial charge in [-0.2, -0.15) is 0 Å². The van der Waals surface area contributed by atoms with E-state index in [1.807, 2.05) is 36.4 Å². The molecular weight excluding hydrogens is 202 g/mol. The van der Waals surface area contributed by atoms with Crippen LogP contribution in [0.5, 0.6) is 0 Å². The number of carbonyl (C=O) groups is 1. The monoisotopic (exact) mass is 213 g/mol. The first kappa shape index (κ1) is 10.4. The van der Waals surface area contributed by atoms with E-state index in [4.69, 9.17) is 5.11 Å². The summed E-state index contributed by atoms with van der Waals surface area (Å²) in [6.07, 6.45) is 1.56. The summed E-state index contributed by atoms with van der Waals surface area (Å²) in [7, 11) is 0. The molecular formula is C13H11NO2. The number of aliphatic carboxylic acids is 1. The second kappa shape index (κ2) is 4.14. The van der Waals surface area contributed by atoms with Gasteiger partial charge in [-0.25, -0.2) is 9.78 Å². The van der Waals surface area contributed by atoms with E-state index in [9.17, 15) is 4.79 Å². The molecule has 0 aliphatic carbocycles. The highest BCUT2D eigenvalue weighted by molar-refractivity contribution is 5.91. The van der Waals surface area contributed by atoms with Crippen molar-refractivity contribution in [3.63, 3.8) is 0 Å². The van der Waals surface area contributed by atoms with Crippen LogP contribution in [0, 0.1) is 0 Å². The number of hydrogen-bond donors (Lipinski definition) is 1. The molecule has 1 N–H and O–H groups in total. The minimum Gasteiger partial charge on any atom is -0.478 e. The predicted octanol–water partition coefficient (Wildman–Crippen LogP) is 2.72. The van der Waals surface area contributed by atoms with E-state index in [0.29, 0.717) is 5.69 Å². The zero-order valence-electron chi connectivity index (χ0n) is 8.84. The van der Waals surface area contributed by atoms with E-state index in [1.54, 1.807) is 13.0 Å². The number of hydrogen-bond acceptors (Lipinski definition) is 2. The van der Waals surface area contributed by atoms with Gasteiger partial charge in [0.05, 0.1) is 11.2 Å². The van der Waals surface area contributed by atoms with Crippen molar-refractivity contribution in [1.82, 2.24) is 4.98 Å². The van der Waals surface area contributed by atoms with Crippen molar-refractivity contribution in [2.45, 2.75) is 6.92 Å². The number of fused-ring (bicyclic) bond motifs is 1. The molecule has 0 saturated carbocycles. The third kappa shape index (κ3) is 2.08. The van der Waals surface area contributed by atoms with E-state index in [1.165, 1.54) is 0 Å². The second-order valence-electron chi connectivity index (χ2n) is 3.56. The van der Waals surface area contributed by atoms with Crippen molar-refractivity contribution < 1.29 is 9.90 Å². The topological polar surface area (TPSA) is 50.2 Å². The van der Waals surface area contributed by atoms with Gasteiger partial charge in [-0.3, -0.25) is 0 Å². The Hall–Kier alpha value is -2.16. The van der Waals surface area contributed by atoms with Gasteiger partial charge in [0.15, 0.2) is 0 Å². The molecule has 3 nitrogen and oxygen atoms in total. The van der Waals surface area contributed by atoms with Crippen LogP contribution in [-0.2, 0) is 4.79 Å². The SMILES string of the molecule is C/C(=C/c1ccc2ccccc2n1)C(=O)O. The molecule has 0 radical (unpaired) electrons. The van der Waals surface area contributed by atoms with Crippen LogP contribution in [0.15, 0.2) is 42.0 Å². The highest BCUT2D eigenvalue weighted by Gasteiger charge is 2.01. The van der Waals surface area contributed by atoms with Gasteiger partial charge in [0.25, 0.3) is 0 Å². The van der Waals surface area contributed by atoms with Crippen LogP contribution in [0.25, 0.3) is 17.0 Å². The Balaban J connectivity index is 2.47. The van der Waals surface area contributed by atoms with Gasteiger partial charge in [0.1, 0.15) is 0 Å². The van der Waals surface area contributed by atoms with Crippen LogP contribution in [0.3, 0.4) is 0 Å². The Bertz CT molecular complexity index is 573. The van der Waals surface area contributed by atoms with Gasteiger partial charge in [-0.05, 0) is 25.1 Å². The van der Waals surface area contributed by atoms with Gasteiger partial charge in [-0.1, -0.05) is 24.3 Å². The Labute approximate surface area is 93.1 Å². The standard InChI is InChI=1S/C13H11NO2/c1-9(13(15)16)8-11-7-6-10-4-2-3-5-12(10)14-11/h2-8H,1H3,(H,15,16)/b9-8-. The molecule has 0 bridgehead atoms. The summed E-state index contributed by atoms with van der Waals surface area (Å²) < 4.78 is 0. The number of benzene rings is 1. The normalized spacial score (nSPS) is 11.7. The molecule has 2 aromatic rings. The third-order valence-electron chi connectivity index (χ3n) is 2.32. The van der Waals surface area contributed by atoms with Crippen LogP contribution in [0.2, 0.25) is 0 Å². The minimum atomic E-state index is -0.921. The maximum atomic E-state index is 10.7.